The lowest BCUT2D eigenvalue weighted by Gasteiger charge is -2.32. The minimum atomic E-state index is -0.250. The molecule has 0 saturated carbocycles. The van der Waals surface area contributed by atoms with Crippen LogP contribution in [0, 0.1) is 5.92 Å². The van der Waals surface area contributed by atoms with Crippen molar-refractivity contribution in [1.82, 2.24) is 9.80 Å². The average molecular weight is 352 g/mol. The zero-order chi connectivity index (χ0) is 18.7. The molecule has 7 heteroatoms. The lowest BCUT2D eigenvalue weighted by molar-refractivity contribution is -0.133. The summed E-state index contributed by atoms with van der Waals surface area (Å²) >= 11 is 0. The summed E-state index contributed by atoms with van der Waals surface area (Å²) in [5.74, 6) is 2.46. The van der Waals surface area contributed by atoms with E-state index in [4.69, 9.17) is 19.4 Å². The van der Waals surface area contributed by atoms with Crippen molar-refractivity contribution in [2.24, 2.45) is 5.92 Å². The highest BCUT2D eigenvalue weighted by molar-refractivity contribution is 5.76. The van der Waals surface area contributed by atoms with Gasteiger partial charge >= 0.3 is 0 Å². The molecule has 1 aliphatic rings. The van der Waals surface area contributed by atoms with Crippen molar-refractivity contribution in [3.8, 4) is 11.5 Å². The quantitative estimate of drug-likeness (QED) is 0.751. The lowest BCUT2D eigenvalue weighted by Crippen LogP contribution is -2.41. The molecule has 1 fully saturated rings. The largest absolute Gasteiger partial charge is 0.497 e. The van der Waals surface area contributed by atoms with Crippen LogP contribution in [0.3, 0.4) is 0 Å². The van der Waals surface area contributed by atoms with Crippen LogP contribution in [-0.4, -0.2) is 74.7 Å². The molecule has 0 aromatic heterocycles. The highest BCUT2D eigenvalue weighted by Crippen LogP contribution is 2.19. The zero-order valence-corrected chi connectivity index (χ0v) is 15.2. The maximum atomic E-state index is 11.5. The normalized spacial score (nSPS) is 16.9. The molecule has 2 rings (SSSR count). The Kier molecular flexibility index (Phi) is 9.39. The van der Waals surface area contributed by atoms with Crippen LogP contribution in [0.15, 0.2) is 24.3 Å². The minimum absolute atomic E-state index is 0.250. The molecule has 1 unspecified atom stereocenters. The van der Waals surface area contributed by atoms with E-state index in [1.807, 2.05) is 36.2 Å². The first kappa shape index (κ1) is 20.8. The standard InChI is InChI=1S/C17H26N2O3.CH2O2/c1-18(12-14-7-8-17(20)19(2)13-14)9-10-22-16-6-4-5-15(11-16)21-3;2-1-3/h4-6,11,14H,7-10,12-13H2,1-3H3;1H,(H,2,3). The summed E-state index contributed by atoms with van der Waals surface area (Å²) in [5, 5.41) is 6.89. The van der Waals surface area contributed by atoms with Gasteiger partial charge in [-0.3, -0.25) is 9.59 Å². The Balaban J connectivity index is 0.000000970. The Morgan fingerprint density at radius 3 is 2.72 bits per heavy atom. The van der Waals surface area contributed by atoms with Gasteiger partial charge in [-0.1, -0.05) is 6.07 Å². The van der Waals surface area contributed by atoms with E-state index in [1.165, 1.54) is 0 Å². The number of carbonyl (C=O) groups excluding carboxylic acids is 1. The van der Waals surface area contributed by atoms with Gasteiger partial charge in [-0.25, -0.2) is 0 Å². The number of methoxy groups -OCH3 is 1. The van der Waals surface area contributed by atoms with Crippen LogP contribution in [0.5, 0.6) is 11.5 Å². The number of amides is 1. The van der Waals surface area contributed by atoms with Gasteiger partial charge in [0.05, 0.1) is 7.11 Å². The molecule has 1 atom stereocenters. The monoisotopic (exact) mass is 352 g/mol. The highest BCUT2D eigenvalue weighted by Gasteiger charge is 2.23. The Hall–Kier alpha value is -2.28. The van der Waals surface area contributed by atoms with Gasteiger partial charge in [-0.15, -0.1) is 0 Å². The number of carboxylic acid groups (broad SMARTS) is 1. The van der Waals surface area contributed by atoms with E-state index in [9.17, 15) is 4.79 Å². The molecule has 25 heavy (non-hydrogen) atoms. The van der Waals surface area contributed by atoms with Crippen LogP contribution in [-0.2, 0) is 9.59 Å². The molecule has 1 N–H and O–H groups in total. The topological polar surface area (TPSA) is 79.3 Å². The van der Waals surface area contributed by atoms with E-state index >= 15 is 0 Å². The Bertz CT molecular complexity index is 538. The SMILES string of the molecule is COc1cccc(OCCN(C)CC2CCC(=O)N(C)C2)c1.O=CO. The molecule has 7 nitrogen and oxygen atoms in total. The van der Waals surface area contributed by atoms with E-state index in [0.29, 0.717) is 18.9 Å². The highest BCUT2D eigenvalue weighted by atomic mass is 16.5. The van der Waals surface area contributed by atoms with Crippen molar-refractivity contribution in [2.75, 3.05) is 47.4 Å². The van der Waals surface area contributed by atoms with Crippen LogP contribution < -0.4 is 9.47 Å². The molecule has 1 aliphatic heterocycles. The minimum Gasteiger partial charge on any atom is -0.497 e. The van der Waals surface area contributed by atoms with Crippen molar-refractivity contribution in [3.63, 3.8) is 0 Å². The van der Waals surface area contributed by atoms with E-state index in [1.54, 1.807) is 7.11 Å². The third-order valence-electron chi connectivity index (χ3n) is 4.08. The molecule has 1 aromatic carbocycles. The first-order valence-corrected chi connectivity index (χ1v) is 8.27. The van der Waals surface area contributed by atoms with Gasteiger partial charge in [-0.2, -0.15) is 0 Å². The zero-order valence-electron chi connectivity index (χ0n) is 15.2. The van der Waals surface area contributed by atoms with Gasteiger partial charge in [0, 0.05) is 39.2 Å². The Morgan fingerprint density at radius 2 is 2.08 bits per heavy atom. The molecule has 0 aliphatic carbocycles. The summed E-state index contributed by atoms with van der Waals surface area (Å²) in [7, 11) is 5.64. The predicted octanol–water partition coefficient (Wildman–Crippen LogP) is 1.57. The maximum absolute atomic E-state index is 11.5. The molecule has 0 radical (unpaired) electrons. The summed E-state index contributed by atoms with van der Waals surface area (Å²) in [6, 6.07) is 7.65. The fourth-order valence-corrected chi connectivity index (χ4v) is 2.79. The number of ether oxygens (including phenoxy) is 2. The van der Waals surface area contributed by atoms with Crippen molar-refractivity contribution < 1.29 is 24.2 Å². The number of likely N-dealkylation sites (tertiary alicyclic amines) is 1. The molecule has 1 heterocycles. The molecule has 0 bridgehead atoms. The fraction of sp³-hybridized carbons (Fsp3) is 0.556. The van der Waals surface area contributed by atoms with E-state index in [-0.39, 0.29) is 12.4 Å². The average Bonchev–Trinajstić information content (AvgIpc) is 2.59. The van der Waals surface area contributed by atoms with Crippen molar-refractivity contribution in [2.45, 2.75) is 12.8 Å². The van der Waals surface area contributed by atoms with Crippen molar-refractivity contribution in [1.29, 1.82) is 0 Å². The Labute approximate surface area is 149 Å². The van der Waals surface area contributed by atoms with Crippen molar-refractivity contribution >= 4 is 12.4 Å². The summed E-state index contributed by atoms with van der Waals surface area (Å²) in [4.78, 5) is 24.0. The molecule has 0 spiro atoms. The number of carbonyl (C=O) groups is 2. The van der Waals surface area contributed by atoms with Crippen LogP contribution in [0.1, 0.15) is 12.8 Å². The third-order valence-corrected chi connectivity index (χ3v) is 4.08. The van der Waals surface area contributed by atoms with Crippen LogP contribution >= 0.6 is 0 Å². The van der Waals surface area contributed by atoms with Crippen LogP contribution in [0.25, 0.3) is 0 Å². The summed E-state index contributed by atoms with van der Waals surface area (Å²) in [6.07, 6.45) is 1.67. The number of likely N-dealkylation sites (N-methyl/N-ethyl adjacent to an activating group) is 1. The van der Waals surface area contributed by atoms with Gasteiger partial charge in [0.15, 0.2) is 0 Å². The first-order chi connectivity index (χ1) is 12.0. The molecule has 140 valence electrons. The number of piperidine rings is 1. The van der Waals surface area contributed by atoms with Crippen LogP contribution in [0.2, 0.25) is 0 Å². The van der Waals surface area contributed by atoms with E-state index in [2.05, 4.69) is 11.9 Å². The molecule has 1 aromatic rings. The molecule has 1 amide bonds. The fourth-order valence-electron chi connectivity index (χ4n) is 2.79. The predicted molar refractivity (Wildman–Crippen MR) is 95.0 cm³/mol. The van der Waals surface area contributed by atoms with Gasteiger partial charge in [0.1, 0.15) is 18.1 Å². The van der Waals surface area contributed by atoms with Gasteiger partial charge in [-0.05, 0) is 31.5 Å². The molecular weight excluding hydrogens is 324 g/mol. The number of rotatable bonds is 7. The summed E-state index contributed by atoms with van der Waals surface area (Å²) in [5.41, 5.74) is 0. The third kappa shape index (κ3) is 7.89. The number of hydrogen-bond donors (Lipinski definition) is 1. The molecule has 1 saturated heterocycles. The van der Waals surface area contributed by atoms with E-state index in [0.717, 1.165) is 37.6 Å². The second-order valence-electron chi connectivity index (χ2n) is 6.07. The second kappa shape index (κ2) is 11.3. The first-order valence-electron chi connectivity index (χ1n) is 8.27. The van der Waals surface area contributed by atoms with E-state index < -0.39 is 0 Å². The smallest absolute Gasteiger partial charge is 0.290 e. The second-order valence-corrected chi connectivity index (χ2v) is 6.07. The summed E-state index contributed by atoms with van der Waals surface area (Å²) in [6.45, 7) is 3.12. The van der Waals surface area contributed by atoms with Gasteiger partial charge in [0.25, 0.3) is 6.47 Å². The Morgan fingerprint density at radius 1 is 1.40 bits per heavy atom. The summed E-state index contributed by atoms with van der Waals surface area (Å²) < 4.78 is 10.9. The lowest BCUT2D eigenvalue weighted by atomic mass is 9.97. The number of nitrogens with zero attached hydrogens (tertiary/aromatic N) is 2. The van der Waals surface area contributed by atoms with Gasteiger partial charge < -0.3 is 24.4 Å². The van der Waals surface area contributed by atoms with Crippen molar-refractivity contribution in [3.05, 3.63) is 24.3 Å². The maximum Gasteiger partial charge on any atom is 0.290 e. The number of hydrogen-bond acceptors (Lipinski definition) is 5. The van der Waals surface area contributed by atoms with Crippen LogP contribution in [0.4, 0.5) is 0 Å². The van der Waals surface area contributed by atoms with Gasteiger partial charge in [0.2, 0.25) is 5.91 Å². The number of benzene rings is 1. The molecular formula is C18H28N2O5.